The molecule has 3 N–H and O–H groups in total. The summed E-state index contributed by atoms with van der Waals surface area (Å²) in [4.78, 5) is 0. The average molecular weight is 274 g/mol. The molecule has 0 bridgehead atoms. The second-order valence-corrected chi connectivity index (χ2v) is 5.16. The van der Waals surface area contributed by atoms with Crippen LogP contribution in [0.5, 0.6) is 0 Å². The Balaban J connectivity index is 2.00. The first-order valence-electron chi connectivity index (χ1n) is 5.92. The van der Waals surface area contributed by atoms with E-state index < -0.39 is 0 Å². The largest absolute Gasteiger partial charge is 0.384 e. The fraction of sp³-hybridized carbons (Fsp3) is 0.133. The molecule has 0 atom stereocenters. The van der Waals surface area contributed by atoms with E-state index in [0.717, 1.165) is 5.75 Å². The van der Waals surface area contributed by atoms with Gasteiger partial charge in [0.25, 0.3) is 0 Å². The van der Waals surface area contributed by atoms with Gasteiger partial charge in [-0.2, -0.15) is 11.8 Å². The molecule has 0 saturated heterocycles. The van der Waals surface area contributed by atoms with Crippen LogP contribution >= 0.6 is 11.8 Å². The van der Waals surface area contributed by atoms with E-state index in [0.29, 0.717) is 11.3 Å². The smallest absolute Gasteiger partial charge is 0.138 e. The molecule has 0 fully saturated rings. The Labute approximate surface area is 116 Å². The third kappa shape index (κ3) is 3.58. The minimum Gasteiger partial charge on any atom is -0.384 e. The number of thioether (sulfide) groups is 1. The summed E-state index contributed by atoms with van der Waals surface area (Å²) in [7, 11) is 0. The van der Waals surface area contributed by atoms with Crippen LogP contribution in [0, 0.1) is 11.2 Å². The summed E-state index contributed by atoms with van der Waals surface area (Å²) >= 11 is 1.64. The maximum absolute atomic E-state index is 14.0. The minimum absolute atomic E-state index is 0.179. The molecule has 98 valence electrons. The molecular formula is C15H15FN2S. The number of halogens is 1. The van der Waals surface area contributed by atoms with E-state index in [4.69, 9.17) is 11.1 Å². The van der Waals surface area contributed by atoms with E-state index in [9.17, 15) is 4.39 Å². The molecule has 2 aromatic carbocycles. The van der Waals surface area contributed by atoms with Crippen molar-refractivity contribution in [2.24, 2.45) is 5.73 Å². The zero-order valence-electron chi connectivity index (χ0n) is 10.4. The third-order valence-corrected chi connectivity index (χ3v) is 3.79. The molecule has 0 aliphatic carbocycles. The lowest BCUT2D eigenvalue weighted by atomic mass is 10.1. The van der Waals surface area contributed by atoms with Gasteiger partial charge in [0.2, 0.25) is 0 Å². The van der Waals surface area contributed by atoms with Gasteiger partial charge < -0.3 is 5.73 Å². The van der Waals surface area contributed by atoms with Crippen LogP contribution in [-0.4, -0.2) is 5.84 Å². The monoisotopic (exact) mass is 274 g/mol. The van der Waals surface area contributed by atoms with E-state index in [2.05, 4.69) is 12.1 Å². The van der Waals surface area contributed by atoms with Crippen molar-refractivity contribution in [3.8, 4) is 0 Å². The van der Waals surface area contributed by atoms with Crippen molar-refractivity contribution >= 4 is 17.6 Å². The SMILES string of the molecule is N=C(N)c1cccc(CSCc2ccccc2)c1F. The molecule has 0 radical (unpaired) electrons. The lowest BCUT2D eigenvalue weighted by molar-refractivity contribution is 0.614. The van der Waals surface area contributed by atoms with Crippen LogP contribution in [0.2, 0.25) is 0 Å². The van der Waals surface area contributed by atoms with Gasteiger partial charge >= 0.3 is 0 Å². The van der Waals surface area contributed by atoms with Crippen molar-refractivity contribution in [1.82, 2.24) is 0 Å². The summed E-state index contributed by atoms with van der Waals surface area (Å²) < 4.78 is 14.0. The Bertz CT molecular complexity index is 570. The van der Waals surface area contributed by atoms with Gasteiger partial charge in [0.05, 0.1) is 5.56 Å². The van der Waals surface area contributed by atoms with Gasteiger partial charge in [0.1, 0.15) is 11.7 Å². The summed E-state index contributed by atoms with van der Waals surface area (Å²) in [5.41, 5.74) is 7.33. The van der Waals surface area contributed by atoms with Crippen LogP contribution < -0.4 is 5.73 Å². The molecule has 0 amide bonds. The number of nitrogen functional groups attached to an aromatic ring is 1. The van der Waals surface area contributed by atoms with Gasteiger partial charge in [0.15, 0.2) is 0 Å². The van der Waals surface area contributed by atoms with Crippen molar-refractivity contribution in [1.29, 1.82) is 5.41 Å². The predicted octanol–water partition coefficient (Wildman–Crippen LogP) is 3.54. The van der Waals surface area contributed by atoms with Crippen LogP contribution in [0.4, 0.5) is 4.39 Å². The number of amidine groups is 1. The van der Waals surface area contributed by atoms with Gasteiger partial charge in [-0.05, 0) is 17.2 Å². The first-order chi connectivity index (χ1) is 9.18. The molecule has 4 heteroatoms. The van der Waals surface area contributed by atoms with Gasteiger partial charge in [0, 0.05) is 11.5 Å². The molecule has 0 spiro atoms. The molecule has 2 nitrogen and oxygen atoms in total. The number of nitrogens with one attached hydrogen (secondary N) is 1. The lowest BCUT2D eigenvalue weighted by Gasteiger charge is -2.07. The number of benzene rings is 2. The summed E-state index contributed by atoms with van der Waals surface area (Å²) in [6, 6.07) is 15.1. The van der Waals surface area contributed by atoms with E-state index in [1.807, 2.05) is 18.2 Å². The highest BCUT2D eigenvalue weighted by Gasteiger charge is 2.09. The molecule has 2 aromatic rings. The molecular weight excluding hydrogens is 259 g/mol. The Hall–Kier alpha value is -1.81. The Morgan fingerprint density at radius 1 is 1.05 bits per heavy atom. The fourth-order valence-electron chi connectivity index (χ4n) is 1.75. The number of hydrogen-bond acceptors (Lipinski definition) is 2. The zero-order chi connectivity index (χ0) is 13.7. The summed E-state index contributed by atoms with van der Waals surface area (Å²) in [6.07, 6.45) is 0. The Morgan fingerprint density at radius 3 is 2.47 bits per heavy atom. The predicted molar refractivity (Wildman–Crippen MR) is 78.9 cm³/mol. The normalized spacial score (nSPS) is 10.4. The second kappa shape index (κ2) is 6.38. The highest BCUT2D eigenvalue weighted by molar-refractivity contribution is 7.97. The molecule has 0 saturated carbocycles. The van der Waals surface area contributed by atoms with Crippen molar-refractivity contribution in [3.05, 3.63) is 71.0 Å². The summed E-state index contributed by atoms with van der Waals surface area (Å²) in [5, 5.41) is 7.32. The van der Waals surface area contributed by atoms with E-state index in [1.165, 1.54) is 11.6 Å². The highest BCUT2D eigenvalue weighted by atomic mass is 32.2. The molecule has 0 aliphatic heterocycles. The first-order valence-corrected chi connectivity index (χ1v) is 7.07. The third-order valence-electron chi connectivity index (χ3n) is 2.74. The summed E-state index contributed by atoms with van der Waals surface area (Å²) in [5.74, 6) is 0.801. The van der Waals surface area contributed by atoms with Gasteiger partial charge in [-0.25, -0.2) is 4.39 Å². The molecule has 2 rings (SSSR count). The topological polar surface area (TPSA) is 49.9 Å². The Kier molecular flexibility index (Phi) is 4.58. The van der Waals surface area contributed by atoms with E-state index in [1.54, 1.807) is 23.9 Å². The highest BCUT2D eigenvalue weighted by Crippen LogP contribution is 2.21. The van der Waals surface area contributed by atoms with E-state index >= 15 is 0 Å². The van der Waals surface area contributed by atoms with Crippen LogP contribution in [0.1, 0.15) is 16.7 Å². The second-order valence-electron chi connectivity index (χ2n) is 4.17. The van der Waals surface area contributed by atoms with Crippen molar-refractivity contribution in [2.75, 3.05) is 0 Å². The fourth-order valence-corrected chi connectivity index (χ4v) is 2.73. The van der Waals surface area contributed by atoms with Gasteiger partial charge in [-0.1, -0.05) is 42.5 Å². The molecule has 19 heavy (non-hydrogen) atoms. The Morgan fingerprint density at radius 2 is 1.79 bits per heavy atom. The van der Waals surface area contributed by atoms with Crippen LogP contribution in [0.15, 0.2) is 48.5 Å². The standard InChI is InChI=1S/C15H15FN2S/c16-14-12(7-4-8-13(14)15(17)18)10-19-9-11-5-2-1-3-6-11/h1-8H,9-10H2,(H3,17,18). The minimum atomic E-state index is -0.379. The number of hydrogen-bond donors (Lipinski definition) is 2. The number of rotatable bonds is 5. The summed E-state index contributed by atoms with van der Waals surface area (Å²) in [6.45, 7) is 0. The molecule has 0 unspecified atom stereocenters. The van der Waals surface area contributed by atoms with Crippen LogP contribution in [-0.2, 0) is 11.5 Å². The van der Waals surface area contributed by atoms with Crippen molar-refractivity contribution in [2.45, 2.75) is 11.5 Å². The van der Waals surface area contributed by atoms with E-state index in [-0.39, 0.29) is 17.2 Å². The lowest BCUT2D eigenvalue weighted by Crippen LogP contribution is -2.14. The van der Waals surface area contributed by atoms with Crippen LogP contribution in [0.3, 0.4) is 0 Å². The maximum Gasteiger partial charge on any atom is 0.138 e. The quantitative estimate of drug-likeness (QED) is 0.647. The number of nitrogens with two attached hydrogens (primary N) is 1. The average Bonchev–Trinajstić information content (AvgIpc) is 2.41. The van der Waals surface area contributed by atoms with Crippen molar-refractivity contribution < 1.29 is 4.39 Å². The maximum atomic E-state index is 14.0. The van der Waals surface area contributed by atoms with Crippen LogP contribution in [0.25, 0.3) is 0 Å². The molecule has 0 aromatic heterocycles. The zero-order valence-corrected chi connectivity index (χ0v) is 11.2. The molecule has 0 heterocycles. The van der Waals surface area contributed by atoms with Gasteiger partial charge in [-0.15, -0.1) is 0 Å². The molecule has 0 aliphatic rings. The van der Waals surface area contributed by atoms with Gasteiger partial charge in [-0.3, -0.25) is 5.41 Å². The first kappa shape index (κ1) is 13.6. The van der Waals surface area contributed by atoms with Crippen molar-refractivity contribution in [3.63, 3.8) is 0 Å².